The summed E-state index contributed by atoms with van der Waals surface area (Å²) < 4.78 is 51.7. The van der Waals surface area contributed by atoms with Crippen molar-refractivity contribution in [1.29, 1.82) is 0 Å². The predicted octanol–water partition coefficient (Wildman–Crippen LogP) is 3.23. The second-order valence-electron chi connectivity index (χ2n) is 2.79. The van der Waals surface area contributed by atoms with E-state index in [-0.39, 0.29) is 5.75 Å². The molecule has 0 N–H and O–H groups in total. The molecule has 1 rings (SSSR count). The van der Waals surface area contributed by atoms with Crippen molar-refractivity contribution in [3.63, 3.8) is 0 Å². The lowest BCUT2D eigenvalue weighted by atomic mass is 10.2. The van der Waals surface area contributed by atoms with Crippen LogP contribution in [0.15, 0.2) is 24.3 Å². The fourth-order valence-corrected chi connectivity index (χ4v) is 0.875. The highest BCUT2D eigenvalue weighted by Crippen LogP contribution is 2.26. The van der Waals surface area contributed by atoms with Crippen LogP contribution in [0.25, 0.3) is 0 Å². The first kappa shape index (κ1) is 10.8. The first-order valence-electron chi connectivity index (χ1n) is 3.84. The molecular weight excluding hydrogens is 200 g/mol. The maximum Gasteiger partial charge on any atom is 0.457 e. The minimum Gasteiger partial charge on any atom is -0.452 e. The molecular formula is C9H8F4O. The van der Waals surface area contributed by atoms with Gasteiger partial charge < -0.3 is 4.74 Å². The van der Waals surface area contributed by atoms with Gasteiger partial charge in [0.2, 0.25) is 0 Å². The van der Waals surface area contributed by atoms with Gasteiger partial charge in [0.25, 0.3) is 0 Å². The first-order chi connectivity index (χ1) is 6.39. The molecule has 0 heterocycles. The Labute approximate surface area is 78.3 Å². The van der Waals surface area contributed by atoms with E-state index in [4.69, 9.17) is 0 Å². The number of hydrogen-bond acceptors (Lipinski definition) is 1. The molecule has 0 bridgehead atoms. The molecule has 0 aromatic heterocycles. The third kappa shape index (κ3) is 2.90. The van der Waals surface area contributed by atoms with Gasteiger partial charge in [-0.3, -0.25) is 0 Å². The number of benzene rings is 1. The van der Waals surface area contributed by atoms with Crippen LogP contribution in [0.5, 0.6) is 5.75 Å². The van der Waals surface area contributed by atoms with E-state index in [1.165, 1.54) is 18.2 Å². The Morgan fingerprint density at radius 2 is 1.93 bits per heavy atom. The van der Waals surface area contributed by atoms with Crippen LogP contribution >= 0.6 is 0 Å². The average Bonchev–Trinajstić information content (AvgIpc) is 2.02. The van der Waals surface area contributed by atoms with Crippen LogP contribution in [0, 0.1) is 6.92 Å². The minimum absolute atomic E-state index is 0.130. The summed E-state index contributed by atoms with van der Waals surface area (Å²) in [6, 6.07) is 5.77. The van der Waals surface area contributed by atoms with E-state index in [0.29, 0.717) is 5.56 Å². The zero-order chi connectivity index (χ0) is 10.8. The predicted molar refractivity (Wildman–Crippen MR) is 42.8 cm³/mol. The Morgan fingerprint density at radius 3 is 2.43 bits per heavy atom. The molecule has 0 aliphatic rings. The zero-order valence-corrected chi connectivity index (χ0v) is 7.31. The zero-order valence-electron chi connectivity index (χ0n) is 7.31. The van der Waals surface area contributed by atoms with Crippen molar-refractivity contribution < 1.29 is 22.3 Å². The normalized spacial score (nSPS) is 13.8. The Kier molecular flexibility index (Phi) is 2.98. The maximum atomic E-state index is 12.4. The van der Waals surface area contributed by atoms with Crippen LogP contribution in [-0.2, 0) is 0 Å². The van der Waals surface area contributed by atoms with E-state index >= 15 is 0 Å². The Morgan fingerprint density at radius 1 is 1.29 bits per heavy atom. The number of aryl methyl sites for hydroxylation is 1. The van der Waals surface area contributed by atoms with Crippen LogP contribution in [0.1, 0.15) is 5.56 Å². The summed E-state index contributed by atoms with van der Waals surface area (Å²) >= 11 is 0. The summed E-state index contributed by atoms with van der Waals surface area (Å²) in [5, 5.41) is 0. The van der Waals surface area contributed by atoms with Crippen molar-refractivity contribution in [1.82, 2.24) is 0 Å². The van der Waals surface area contributed by atoms with Crippen LogP contribution in [0.3, 0.4) is 0 Å². The smallest absolute Gasteiger partial charge is 0.452 e. The first-order valence-corrected chi connectivity index (χ1v) is 3.84. The molecule has 0 aliphatic heterocycles. The van der Waals surface area contributed by atoms with E-state index in [0.717, 1.165) is 0 Å². The summed E-state index contributed by atoms with van der Waals surface area (Å²) in [5.74, 6) is -0.130. The van der Waals surface area contributed by atoms with Crippen molar-refractivity contribution in [2.24, 2.45) is 0 Å². The van der Waals surface area contributed by atoms with E-state index in [9.17, 15) is 17.6 Å². The monoisotopic (exact) mass is 208 g/mol. The molecule has 1 aromatic carbocycles. The Bertz CT molecular complexity index is 308. The van der Waals surface area contributed by atoms with Crippen LogP contribution in [0.4, 0.5) is 17.6 Å². The topological polar surface area (TPSA) is 9.23 Å². The van der Waals surface area contributed by atoms with Crippen LogP contribution in [-0.4, -0.2) is 12.5 Å². The molecule has 0 fully saturated rings. The van der Waals surface area contributed by atoms with Gasteiger partial charge in [-0.1, -0.05) is 12.1 Å². The fraction of sp³-hybridized carbons (Fsp3) is 0.333. The van der Waals surface area contributed by atoms with Crippen LogP contribution < -0.4 is 4.74 Å². The van der Waals surface area contributed by atoms with Crippen molar-refractivity contribution in [2.75, 3.05) is 0 Å². The molecule has 0 spiro atoms. The number of rotatable bonds is 2. The molecule has 5 heteroatoms. The lowest BCUT2D eigenvalue weighted by molar-refractivity contribution is -0.236. The van der Waals surface area contributed by atoms with Gasteiger partial charge >= 0.3 is 12.5 Å². The molecule has 1 aromatic rings. The van der Waals surface area contributed by atoms with Gasteiger partial charge in [0.1, 0.15) is 5.75 Å². The van der Waals surface area contributed by atoms with E-state index in [1.807, 2.05) is 0 Å². The number of ether oxygens (including phenoxy) is 1. The number of halogens is 4. The lowest BCUT2D eigenvalue weighted by Crippen LogP contribution is -2.29. The van der Waals surface area contributed by atoms with Crippen molar-refractivity contribution in [2.45, 2.75) is 19.5 Å². The molecule has 78 valence electrons. The van der Waals surface area contributed by atoms with Gasteiger partial charge in [0.05, 0.1) is 0 Å². The van der Waals surface area contributed by atoms with Gasteiger partial charge in [-0.2, -0.15) is 17.6 Å². The second kappa shape index (κ2) is 3.86. The summed E-state index contributed by atoms with van der Waals surface area (Å²) in [6.45, 7) is 1.67. The quantitative estimate of drug-likeness (QED) is 0.678. The molecule has 14 heavy (non-hydrogen) atoms. The maximum absolute atomic E-state index is 12.4. The average molecular weight is 208 g/mol. The summed E-state index contributed by atoms with van der Waals surface area (Å²) in [6.07, 6.45) is -8.26. The van der Waals surface area contributed by atoms with Gasteiger partial charge in [0, 0.05) is 0 Å². The van der Waals surface area contributed by atoms with Crippen molar-refractivity contribution in [3.05, 3.63) is 29.8 Å². The molecule has 1 unspecified atom stereocenters. The van der Waals surface area contributed by atoms with Gasteiger partial charge in [0.15, 0.2) is 0 Å². The second-order valence-corrected chi connectivity index (χ2v) is 2.79. The summed E-state index contributed by atoms with van der Waals surface area (Å²) in [7, 11) is 0. The summed E-state index contributed by atoms with van der Waals surface area (Å²) in [4.78, 5) is 0. The van der Waals surface area contributed by atoms with E-state index < -0.39 is 12.5 Å². The highest BCUT2D eigenvalue weighted by atomic mass is 19.4. The van der Waals surface area contributed by atoms with Crippen LogP contribution in [0.2, 0.25) is 0 Å². The van der Waals surface area contributed by atoms with Gasteiger partial charge in [-0.25, -0.2) is 0 Å². The molecule has 0 radical (unpaired) electrons. The number of hydrogen-bond donors (Lipinski definition) is 0. The van der Waals surface area contributed by atoms with Crippen molar-refractivity contribution >= 4 is 0 Å². The largest absolute Gasteiger partial charge is 0.457 e. The molecule has 1 nitrogen and oxygen atoms in total. The van der Waals surface area contributed by atoms with Crippen molar-refractivity contribution in [3.8, 4) is 5.75 Å². The highest BCUT2D eigenvalue weighted by Gasteiger charge is 2.42. The lowest BCUT2D eigenvalue weighted by Gasteiger charge is -2.14. The Balaban J connectivity index is 2.70. The molecule has 1 atom stereocenters. The number of alkyl halides is 4. The molecule has 0 amide bonds. The standard InChI is InChI=1S/C9H8F4O/c1-6-3-2-4-7(5-6)14-8(10)9(11,12)13/h2-5,8H,1H3. The SMILES string of the molecule is Cc1cccc(OC(F)C(F)(F)F)c1. The fourth-order valence-electron chi connectivity index (χ4n) is 0.875. The van der Waals surface area contributed by atoms with Gasteiger partial charge in [-0.15, -0.1) is 0 Å². The highest BCUT2D eigenvalue weighted by molar-refractivity contribution is 5.27. The minimum atomic E-state index is -4.98. The van der Waals surface area contributed by atoms with E-state index in [2.05, 4.69) is 4.74 Å². The van der Waals surface area contributed by atoms with Gasteiger partial charge in [-0.05, 0) is 24.6 Å². The van der Waals surface area contributed by atoms with E-state index in [1.54, 1.807) is 13.0 Å². The third-order valence-electron chi connectivity index (χ3n) is 1.49. The molecule has 0 aliphatic carbocycles. The molecule has 0 saturated carbocycles. The molecule has 0 saturated heterocycles. The summed E-state index contributed by atoms with van der Waals surface area (Å²) in [5.41, 5.74) is 0.705. The Hall–Kier alpha value is -1.26. The third-order valence-corrected chi connectivity index (χ3v) is 1.49.